The largest absolute Gasteiger partial charge is 0.741 e. The maximum absolute atomic E-state index is 19.1. The number of hydrogen-bond donors (Lipinski definition) is 0. The van der Waals surface area contributed by atoms with E-state index in [0.717, 1.165) is 27.9 Å². The summed E-state index contributed by atoms with van der Waals surface area (Å²) in [5, 5.41) is 0.293. The van der Waals surface area contributed by atoms with Crippen molar-refractivity contribution in [3.8, 4) is 11.4 Å². The second-order valence-electron chi connectivity index (χ2n) is 14.4. The molecule has 0 aliphatic heterocycles. The van der Waals surface area contributed by atoms with Gasteiger partial charge in [-0.15, -0.1) is 46.4 Å². The summed E-state index contributed by atoms with van der Waals surface area (Å²) in [5.41, 5.74) is -0.661. The maximum atomic E-state index is 19.1. The third-order valence-corrected chi connectivity index (χ3v) is 14.1. The van der Waals surface area contributed by atoms with Crippen LogP contribution in [0.5, 0.6) is 0 Å². The van der Waals surface area contributed by atoms with Crippen LogP contribution in [0.1, 0.15) is 101 Å². The van der Waals surface area contributed by atoms with Crippen molar-refractivity contribution < 1.29 is 39.1 Å². The average molecular weight is 1000 g/mol. The molecule has 0 aliphatic carbocycles. The van der Waals surface area contributed by atoms with Gasteiger partial charge >= 0.3 is 290 Å². The van der Waals surface area contributed by atoms with Crippen molar-refractivity contribution in [1.82, 2.24) is 4.57 Å². The molecule has 0 spiro atoms. The SMILES string of the molecule is CC(C)c1cccc(C(C)C)c1-n1c(P(F)(F)(c2ccccc2)c2ccccc2)c(Cl)[n+](-c2c(C(C)C)cccc2C(C)C)c1Cl.ClCCl.ClCCl.O=S(=O)([O-])C(F)(F)F. The second kappa shape index (κ2) is 22.4. The van der Waals surface area contributed by atoms with Gasteiger partial charge in [0, 0.05) is 0 Å². The van der Waals surface area contributed by atoms with Crippen molar-refractivity contribution >= 4 is 103 Å². The van der Waals surface area contributed by atoms with E-state index in [2.05, 4.69) is 55.4 Å². The fraction of sp³-hybridized carbons (Fsp3) is 0.357. The maximum Gasteiger partial charge on any atom is 0.485 e. The number of hydrogen-bond acceptors (Lipinski definition) is 3. The number of aromatic nitrogens is 2. The quantitative estimate of drug-likeness (QED) is 0.0369. The Balaban J connectivity index is 0.000000768. The van der Waals surface area contributed by atoms with E-state index in [-0.39, 0.29) is 60.8 Å². The predicted molar refractivity (Wildman–Crippen MR) is 243 cm³/mol. The number of imidazole rings is 1. The molecule has 0 unspecified atom stereocenters. The Morgan fingerprint density at radius 2 is 0.917 bits per heavy atom. The average Bonchev–Trinajstić information content (AvgIpc) is 3.44. The molecule has 0 atom stereocenters. The summed E-state index contributed by atoms with van der Waals surface area (Å²) in [7, 11) is -12.4. The second-order valence-corrected chi connectivity index (χ2v) is 21.4. The first-order valence-corrected chi connectivity index (χ1v) is 24.7. The van der Waals surface area contributed by atoms with Gasteiger partial charge < -0.3 is 4.55 Å². The molecule has 60 heavy (non-hydrogen) atoms. The number of benzene rings is 4. The first-order chi connectivity index (χ1) is 27.8. The molecule has 0 aliphatic rings. The standard InChI is InChI=1S/C39H44Cl2F2N2P.2CH2Cl2.CHF3O3S/c1-25(2)31-21-15-22-32(26(3)4)35(31)44-37(40)38(45(39(44)41)36-33(27(5)6)23-16-24-34(36)28(7)8)46(42,43,29-17-11-9-12-18-29)30-19-13-10-14-20-30;2*2-1-3;2-1(3,4)8(5,6)7/h9-28H,1-8H3;2*1H2;(H,5,6,7)/q+1;;;/p-1. The van der Waals surface area contributed by atoms with Crippen LogP contribution in [-0.2, 0) is 10.1 Å². The molecule has 1 heterocycles. The van der Waals surface area contributed by atoms with Gasteiger partial charge in [-0.3, -0.25) is 0 Å². The Morgan fingerprint density at radius 3 is 1.20 bits per heavy atom. The Kier molecular flexibility index (Phi) is 20.2. The van der Waals surface area contributed by atoms with E-state index >= 15 is 8.39 Å². The van der Waals surface area contributed by atoms with Crippen LogP contribution in [0.4, 0.5) is 21.6 Å². The molecule has 0 fully saturated rings. The van der Waals surface area contributed by atoms with Crippen molar-refractivity contribution in [2.24, 2.45) is 0 Å². The van der Waals surface area contributed by atoms with Gasteiger partial charge in [-0.2, -0.15) is 13.2 Å². The molecule has 332 valence electrons. The molecule has 0 saturated heterocycles. The van der Waals surface area contributed by atoms with Crippen molar-refractivity contribution in [3.05, 3.63) is 130 Å². The van der Waals surface area contributed by atoms with Crippen LogP contribution in [0.15, 0.2) is 97.1 Å². The predicted octanol–water partition coefficient (Wildman–Crippen LogP) is 14.0. The summed E-state index contributed by atoms with van der Waals surface area (Å²) in [5.74, 6) is 0.229. The molecule has 1 aromatic heterocycles. The fourth-order valence-electron chi connectivity index (χ4n) is 6.50. The van der Waals surface area contributed by atoms with E-state index in [1.807, 2.05) is 36.4 Å². The Labute approximate surface area is 380 Å². The Morgan fingerprint density at radius 1 is 0.617 bits per heavy atom. The van der Waals surface area contributed by atoms with Crippen molar-refractivity contribution in [2.75, 3.05) is 10.7 Å². The first-order valence-electron chi connectivity index (χ1n) is 18.4. The van der Waals surface area contributed by atoms with Crippen LogP contribution in [0.2, 0.25) is 10.4 Å². The van der Waals surface area contributed by atoms with Crippen LogP contribution in [0.3, 0.4) is 0 Å². The molecule has 0 N–H and O–H groups in total. The Bertz CT molecular complexity index is 2180. The minimum atomic E-state index is -6.30. The number of halogens is 11. The van der Waals surface area contributed by atoms with Gasteiger partial charge in [0.15, 0.2) is 10.1 Å². The molecular formula is C42H48Cl6F5N2O3PS. The van der Waals surface area contributed by atoms with E-state index < -0.39 is 22.9 Å². The molecule has 5 nitrogen and oxygen atoms in total. The summed E-state index contributed by atoms with van der Waals surface area (Å²) in [6, 6.07) is 28.4. The van der Waals surface area contributed by atoms with Gasteiger partial charge in [-0.25, -0.2) is 8.42 Å². The van der Waals surface area contributed by atoms with Crippen molar-refractivity contribution in [2.45, 2.75) is 84.6 Å². The summed E-state index contributed by atoms with van der Waals surface area (Å²) in [6.07, 6.45) is 0. The summed E-state index contributed by atoms with van der Waals surface area (Å²) in [4.78, 5) is 0. The van der Waals surface area contributed by atoms with Gasteiger partial charge in [0.05, 0.1) is 10.7 Å². The van der Waals surface area contributed by atoms with E-state index in [9.17, 15) is 13.2 Å². The molecule has 4 aromatic carbocycles. The van der Waals surface area contributed by atoms with Crippen LogP contribution >= 0.6 is 76.8 Å². The van der Waals surface area contributed by atoms with Gasteiger partial charge in [0.2, 0.25) is 0 Å². The molecule has 0 saturated carbocycles. The molecule has 5 aromatic rings. The molecule has 0 bridgehead atoms. The van der Waals surface area contributed by atoms with Crippen LogP contribution < -0.4 is 20.6 Å². The minimum Gasteiger partial charge on any atom is -0.741 e. The van der Waals surface area contributed by atoms with Crippen LogP contribution in [-0.4, -0.2) is 33.7 Å². The summed E-state index contributed by atoms with van der Waals surface area (Å²) < 4.78 is 100. The normalized spacial score (nSPS) is 12.6. The van der Waals surface area contributed by atoms with Crippen LogP contribution in [0.25, 0.3) is 11.4 Å². The van der Waals surface area contributed by atoms with Gasteiger partial charge in [0.1, 0.15) is 0 Å². The molecule has 0 radical (unpaired) electrons. The third kappa shape index (κ3) is 11.9. The number of rotatable bonds is 9. The number of nitrogens with zero attached hydrogens (tertiary/aromatic N) is 2. The van der Waals surface area contributed by atoms with Gasteiger partial charge in [-0.05, 0) is 0 Å². The monoisotopic (exact) mass is 996 g/mol. The van der Waals surface area contributed by atoms with E-state index in [0.29, 0.717) is 5.69 Å². The number of alkyl halides is 7. The zero-order valence-electron chi connectivity index (χ0n) is 34.1. The summed E-state index contributed by atoms with van der Waals surface area (Å²) in [6.45, 7) is 16.7. The smallest absolute Gasteiger partial charge is 0.485 e. The molecule has 0 amide bonds. The van der Waals surface area contributed by atoms with Crippen molar-refractivity contribution in [3.63, 3.8) is 0 Å². The zero-order valence-corrected chi connectivity index (χ0v) is 40.3. The van der Waals surface area contributed by atoms with Crippen LogP contribution in [0, 0.1) is 0 Å². The van der Waals surface area contributed by atoms with E-state index in [1.54, 1.807) is 45.5 Å². The topological polar surface area (TPSA) is 66.0 Å². The zero-order chi connectivity index (χ0) is 46.0. The summed E-state index contributed by atoms with van der Waals surface area (Å²) >= 11 is 34.2. The van der Waals surface area contributed by atoms with Gasteiger partial charge in [0.25, 0.3) is 0 Å². The van der Waals surface area contributed by atoms with E-state index in [4.69, 9.17) is 82.6 Å². The first kappa shape index (κ1) is 54.0. The molecule has 18 heteroatoms. The van der Waals surface area contributed by atoms with Crippen molar-refractivity contribution in [1.29, 1.82) is 0 Å². The Hall–Kier alpha value is -2.18. The number of para-hydroxylation sites is 2. The van der Waals surface area contributed by atoms with Gasteiger partial charge in [-0.1, -0.05) is 0 Å². The minimum absolute atomic E-state index is 0.0279. The van der Waals surface area contributed by atoms with E-state index in [1.165, 1.54) is 24.3 Å². The molecule has 5 rings (SSSR count). The third-order valence-electron chi connectivity index (χ3n) is 9.17. The molecular weight excluding hydrogens is 951 g/mol. The fourth-order valence-corrected chi connectivity index (χ4v) is 10.8.